The maximum atomic E-state index is 4.19. The van der Waals surface area contributed by atoms with E-state index in [9.17, 15) is 0 Å². The molecule has 0 spiro atoms. The first-order chi connectivity index (χ1) is 7.86. The Morgan fingerprint density at radius 1 is 0.875 bits per heavy atom. The Labute approximate surface area is 97.9 Å². The van der Waals surface area contributed by atoms with Crippen LogP contribution in [0.1, 0.15) is 23.5 Å². The molecule has 2 aromatic carbocycles. The third kappa shape index (κ3) is 2.96. The van der Waals surface area contributed by atoms with Crippen molar-refractivity contribution in [1.29, 1.82) is 0 Å². The van der Waals surface area contributed by atoms with E-state index in [1.54, 1.807) is 0 Å². The molecule has 1 unspecified atom stereocenters. The van der Waals surface area contributed by atoms with Crippen LogP contribution in [0.15, 0.2) is 60.7 Å². The number of rotatable bonds is 4. The van der Waals surface area contributed by atoms with Gasteiger partial charge in [0.25, 0.3) is 0 Å². The van der Waals surface area contributed by atoms with Crippen LogP contribution in [0.3, 0.4) is 0 Å². The van der Waals surface area contributed by atoms with Crippen LogP contribution in [0, 0.1) is 13.3 Å². The van der Waals surface area contributed by atoms with Crippen molar-refractivity contribution in [1.82, 2.24) is 0 Å². The quantitative estimate of drug-likeness (QED) is 0.704. The fraction of sp³-hybridized carbons (Fsp3) is 0.125. The molecular weight excluding hydrogens is 192 g/mol. The summed E-state index contributed by atoms with van der Waals surface area (Å²) in [7, 11) is 0. The summed E-state index contributed by atoms with van der Waals surface area (Å²) in [6.07, 6.45) is 3.22. The van der Waals surface area contributed by atoms with Crippen LogP contribution >= 0.6 is 0 Å². The van der Waals surface area contributed by atoms with Crippen LogP contribution in [-0.2, 0) is 0 Å². The number of hydrogen-bond acceptors (Lipinski definition) is 0. The smallest absolute Gasteiger partial charge is 0.00871 e. The molecule has 0 aliphatic carbocycles. The van der Waals surface area contributed by atoms with Gasteiger partial charge in [-0.25, -0.2) is 0 Å². The van der Waals surface area contributed by atoms with Gasteiger partial charge in [0.1, 0.15) is 0 Å². The Bertz CT molecular complexity index is 403. The van der Waals surface area contributed by atoms with Gasteiger partial charge in [0.2, 0.25) is 0 Å². The fourth-order valence-corrected chi connectivity index (χ4v) is 1.73. The van der Waals surface area contributed by atoms with Crippen LogP contribution in [0.4, 0.5) is 0 Å². The Morgan fingerprint density at radius 2 is 1.44 bits per heavy atom. The molecule has 0 nitrogen and oxygen atoms in total. The predicted molar refractivity (Wildman–Crippen MR) is 69.0 cm³/mol. The highest BCUT2D eigenvalue weighted by Gasteiger charge is 2.04. The molecule has 80 valence electrons. The van der Waals surface area contributed by atoms with E-state index < -0.39 is 0 Å². The summed E-state index contributed by atoms with van der Waals surface area (Å²) in [5, 5.41) is 0. The van der Waals surface area contributed by atoms with Crippen LogP contribution < -0.4 is 0 Å². The third-order valence-corrected chi connectivity index (χ3v) is 2.71. The first-order valence-electron chi connectivity index (χ1n) is 5.62. The van der Waals surface area contributed by atoms with Crippen LogP contribution in [0.2, 0.25) is 0 Å². The van der Waals surface area contributed by atoms with Crippen LogP contribution in [0.5, 0.6) is 0 Å². The summed E-state index contributed by atoms with van der Waals surface area (Å²) >= 11 is 0. The van der Waals surface area contributed by atoms with E-state index >= 15 is 0 Å². The summed E-state index contributed by atoms with van der Waals surface area (Å²) < 4.78 is 0. The van der Waals surface area contributed by atoms with Crippen molar-refractivity contribution in [2.75, 3.05) is 0 Å². The Kier molecular flexibility index (Phi) is 3.76. The molecule has 0 bridgehead atoms. The third-order valence-electron chi connectivity index (χ3n) is 2.71. The lowest BCUT2D eigenvalue weighted by Gasteiger charge is -2.11. The van der Waals surface area contributed by atoms with Gasteiger partial charge in [-0.2, -0.15) is 0 Å². The van der Waals surface area contributed by atoms with Crippen LogP contribution in [-0.4, -0.2) is 0 Å². The van der Waals surface area contributed by atoms with Crippen molar-refractivity contribution < 1.29 is 0 Å². The van der Waals surface area contributed by atoms with E-state index in [1.807, 2.05) is 12.1 Å². The van der Waals surface area contributed by atoms with Gasteiger partial charge in [0.15, 0.2) is 0 Å². The zero-order valence-electron chi connectivity index (χ0n) is 9.34. The highest BCUT2D eigenvalue weighted by atomic mass is 14.1. The van der Waals surface area contributed by atoms with Gasteiger partial charge < -0.3 is 0 Å². The lowest BCUT2D eigenvalue weighted by atomic mass is 9.94. The standard InChI is InChI=1S/C16H16/c1-14(16-10-6-3-7-11-16)12-13-15-8-4-2-5-9-15/h2-11,13-14H,1,12H2. The minimum atomic E-state index is 0.335. The Morgan fingerprint density at radius 3 is 2.06 bits per heavy atom. The lowest BCUT2D eigenvalue weighted by molar-refractivity contribution is 0.826. The van der Waals surface area contributed by atoms with Gasteiger partial charge in [-0.3, -0.25) is 0 Å². The van der Waals surface area contributed by atoms with E-state index in [0.29, 0.717) is 5.92 Å². The van der Waals surface area contributed by atoms with E-state index in [1.165, 1.54) is 11.1 Å². The second kappa shape index (κ2) is 5.50. The molecule has 1 atom stereocenters. The van der Waals surface area contributed by atoms with Crippen molar-refractivity contribution in [2.24, 2.45) is 0 Å². The molecule has 0 heterocycles. The monoisotopic (exact) mass is 208 g/mol. The zero-order valence-corrected chi connectivity index (χ0v) is 9.34. The maximum absolute atomic E-state index is 4.19. The highest BCUT2D eigenvalue weighted by Crippen LogP contribution is 2.21. The summed E-state index contributed by atoms with van der Waals surface area (Å²) in [5.74, 6) is 0.335. The van der Waals surface area contributed by atoms with Gasteiger partial charge in [0, 0.05) is 0 Å². The molecule has 0 saturated heterocycles. The van der Waals surface area contributed by atoms with E-state index in [4.69, 9.17) is 0 Å². The summed E-state index contributed by atoms with van der Waals surface area (Å²) in [4.78, 5) is 0. The number of hydrogen-bond donors (Lipinski definition) is 0. The van der Waals surface area contributed by atoms with Crippen molar-refractivity contribution >= 4 is 0 Å². The van der Waals surface area contributed by atoms with Crippen molar-refractivity contribution in [3.8, 4) is 0 Å². The molecule has 0 N–H and O–H groups in total. The van der Waals surface area contributed by atoms with Crippen molar-refractivity contribution in [2.45, 2.75) is 12.3 Å². The average molecular weight is 208 g/mol. The molecule has 16 heavy (non-hydrogen) atoms. The molecule has 0 aliphatic heterocycles. The van der Waals surface area contributed by atoms with Gasteiger partial charge in [-0.05, 0) is 36.8 Å². The maximum Gasteiger partial charge on any atom is -0.00871 e. The van der Waals surface area contributed by atoms with Crippen molar-refractivity contribution in [3.05, 3.63) is 85.1 Å². The normalized spacial score (nSPS) is 12.3. The van der Waals surface area contributed by atoms with Gasteiger partial charge >= 0.3 is 0 Å². The first kappa shape index (κ1) is 10.9. The molecule has 0 fully saturated rings. The van der Waals surface area contributed by atoms with Crippen molar-refractivity contribution in [3.63, 3.8) is 0 Å². The molecule has 0 amide bonds. The second-order valence-electron chi connectivity index (χ2n) is 3.96. The summed E-state index contributed by atoms with van der Waals surface area (Å²) in [6, 6.07) is 20.8. The second-order valence-corrected chi connectivity index (χ2v) is 3.96. The predicted octanol–water partition coefficient (Wildman–Crippen LogP) is 4.25. The molecule has 2 radical (unpaired) electrons. The largest absolute Gasteiger partial charge is 0.0622 e. The van der Waals surface area contributed by atoms with Gasteiger partial charge in [-0.15, -0.1) is 0 Å². The molecule has 0 saturated carbocycles. The summed E-state index contributed by atoms with van der Waals surface area (Å²) in [5.41, 5.74) is 2.57. The van der Waals surface area contributed by atoms with E-state index in [0.717, 1.165) is 6.42 Å². The van der Waals surface area contributed by atoms with E-state index in [-0.39, 0.29) is 0 Å². The summed E-state index contributed by atoms with van der Waals surface area (Å²) in [6.45, 7) is 4.19. The fourth-order valence-electron chi connectivity index (χ4n) is 1.73. The highest BCUT2D eigenvalue weighted by molar-refractivity contribution is 5.26. The molecular formula is C16H16. The van der Waals surface area contributed by atoms with E-state index in [2.05, 4.69) is 61.9 Å². The molecule has 2 rings (SSSR count). The first-order valence-corrected chi connectivity index (χ1v) is 5.62. The molecule has 0 aliphatic rings. The lowest BCUT2D eigenvalue weighted by Crippen LogP contribution is -1.94. The zero-order chi connectivity index (χ0) is 11.2. The number of benzene rings is 2. The van der Waals surface area contributed by atoms with Gasteiger partial charge in [0.05, 0.1) is 0 Å². The topological polar surface area (TPSA) is 0 Å². The molecule has 0 aromatic heterocycles. The minimum Gasteiger partial charge on any atom is -0.0622 e. The Balaban J connectivity index is 1.92. The average Bonchev–Trinajstić information content (AvgIpc) is 2.38. The molecule has 2 aromatic rings. The Hall–Kier alpha value is -1.56. The minimum absolute atomic E-state index is 0.335. The van der Waals surface area contributed by atoms with Gasteiger partial charge in [-0.1, -0.05) is 60.7 Å². The molecule has 0 heteroatoms. The van der Waals surface area contributed by atoms with Crippen LogP contribution in [0.25, 0.3) is 0 Å². The SMILES string of the molecule is [CH2]C(C[CH]c1ccccc1)c1ccccc1.